The van der Waals surface area contributed by atoms with Crippen LogP contribution in [0.15, 0.2) is 12.1 Å². The first-order valence-corrected chi connectivity index (χ1v) is 4.65. The highest BCUT2D eigenvalue weighted by molar-refractivity contribution is 6.36. The van der Waals surface area contributed by atoms with Crippen LogP contribution in [0.4, 0.5) is 5.69 Å². The maximum atomic E-state index is 11.1. The zero-order valence-corrected chi connectivity index (χ0v) is 8.93. The number of benzene rings is 1. The third-order valence-corrected chi connectivity index (χ3v) is 2.05. The van der Waals surface area contributed by atoms with Crippen molar-refractivity contribution in [2.75, 3.05) is 5.32 Å². The Labute approximate surface area is 96.0 Å². The number of hydrogen-bond acceptors (Lipinski definition) is 3. The van der Waals surface area contributed by atoms with Crippen LogP contribution in [0.1, 0.15) is 6.42 Å². The van der Waals surface area contributed by atoms with E-state index in [9.17, 15) is 9.90 Å². The average Bonchev–Trinajstić information content (AvgIpc) is 2.13. The van der Waals surface area contributed by atoms with Crippen molar-refractivity contribution in [3.8, 4) is 11.8 Å². The van der Waals surface area contributed by atoms with E-state index in [-0.39, 0.29) is 27.9 Å². The van der Waals surface area contributed by atoms with E-state index in [1.54, 1.807) is 6.07 Å². The largest absolute Gasteiger partial charge is 0.504 e. The molecule has 1 aromatic rings. The summed E-state index contributed by atoms with van der Waals surface area (Å²) in [6.07, 6.45) is -0.302. The number of nitriles is 1. The number of aromatic hydroxyl groups is 1. The van der Waals surface area contributed by atoms with E-state index in [4.69, 9.17) is 28.5 Å². The van der Waals surface area contributed by atoms with Gasteiger partial charge in [-0.3, -0.25) is 4.79 Å². The van der Waals surface area contributed by atoms with Gasteiger partial charge in [-0.25, -0.2) is 0 Å². The molecular weight excluding hydrogens is 239 g/mol. The zero-order chi connectivity index (χ0) is 11.4. The normalized spacial score (nSPS) is 9.40. The second kappa shape index (κ2) is 4.87. The molecule has 0 aromatic heterocycles. The van der Waals surface area contributed by atoms with Crippen molar-refractivity contribution in [2.45, 2.75) is 6.42 Å². The standard InChI is InChI=1S/C9H6Cl2N2O2/c10-5-3-6(11)9(15)7(4-5)13-8(14)1-2-12/h3-4,15H,1H2,(H,13,14). The van der Waals surface area contributed by atoms with Crippen molar-refractivity contribution in [1.82, 2.24) is 0 Å². The molecule has 0 aliphatic heterocycles. The molecular formula is C9H6Cl2N2O2. The lowest BCUT2D eigenvalue weighted by molar-refractivity contribution is -0.115. The first-order chi connectivity index (χ1) is 7.04. The first-order valence-electron chi connectivity index (χ1n) is 3.89. The van der Waals surface area contributed by atoms with Gasteiger partial charge in [0, 0.05) is 5.02 Å². The van der Waals surface area contributed by atoms with Gasteiger partial charge in [0.2, 0.25) is 5.91 Å². The van der Waals surface area contributed by atoms with E-state index in [0.29, 0.717) is 0 Å². The molecule has 4 nitrogen and oxygen atoms in total. The fraction of sp³-hybridized carbons (Fsp3) is 0.111. The topological polar surface area (TPSA) is 73.1 Å². The van der Waals surface area contributed by atoms with Gasteiger partial charge in [-0.2, -0.15) is 5.26 Å². The van der Waals surface area contributed by atoms with Crippen LogP contribution in [0.25, 0.3) is 0 Å². The van der Waals surface area contributed by atoms with Gasteiger partial charge < -0.3 is 10.4 Å². The minimum atomic E-state index is -0.536. The molecule has 1 rings (SSSR count). The molecule has 1 amide bonds. The van der Waals surface area contributed by atoms with Crippen LogP contribution in [0.5, 0.6) is 5.75 Å². The Kier molecular flexibility index (Phi) is 3.78. The van der Waals surface area contributed by atoms with Crippen LogP contribution in [-0.4, -0.2) is 11.0 Å². The molecule has 0 bridgehead atoms. The number of phenolic OH excluding ortho intramolecular Hbond substituents is 1. The Morgan fingerprint density at radius 1 is 1.53 bits per heavy atom. The summed E-state index contributed by atoms with van der Waals surface area (Å²) < 4.78 is 0. The highest BCUT2D eigenvalue weighted by Crippen LogP contribution is 2.34. The predicted molar refractivity (Wildman–Crippen MR) is 57.0 cm³/mol. The maximum absolute atomic E-state index is 11.1. The molecule has 0 aliphatic carbocycles. The zero-order valence-electron chi connectivity index (χ0n) is 7.42. The Morgan fingerprint density at radius 3 is 2.80 bits per heavy atom. The van der Waals surface area contributed by atoms with Gasteiger partial charge >= 0.3 is 0 Å². The van der Waals surface area contributed by atoms with Crippen LogP contribution in [-0.2, 0) is 4.79 Å². The number of hydrogen-bond donors (Lipinski definition) is 2. The molecule has 0 spiro atoms. The Morgan fingerprint density at radius 2 is 2.20 bits per heavy atom. The van der Waals surface area contributed by atoms with Gasteiger partial charge in [0.15, 0.2) is 5.75 Å². The lowest BCUT2D eigenvalue weighted by Crippen LogP contribution is -2.10. The summed E-state index contributed by atoms with van der Waals surface area (Å²) >= 11 is 11.3. The SMILES string of the molecule is N#CCC(=O)Nc1cc(Cl)cc(Cl)c1O. The summed E-state index contributed by atoms with van der Waals surface area (Å²) in [4.78, 5) is 11.1. The Bertz CT molecular complexity index is 440. The quantitative estimate of drug-likeness (QED) is 0.786. The molecule has 15 heavy (non-hydrogen) atoms. The number of halogens is 2. The van der Waals surface area contributed by atoms with E-state index in [2.05, 4.69) is 5.32 Å². The summed E-state index contributed by atoms with van der Waals surface area (Å²) in [5.74, 6) is -0.807. The maximum Gasteiger partial charge on any atom is 0.238 e. The summed E-state index contributed by atoms with van der Waals surface area (Å²) in [5, 5.41) is 20.4. The smallest absolute Gasteiger partial charge is 0.238 e. The van der Waals surface area contributed by atoms with E-state index in [1.807, 2.05) is 0 Å². The van der Waals surface area contributed by atoms with Crippen LogP contribution < -0.4 is 5.32 Å². The van der Waals surface area contributed by atoms with E-state index < -0.39 is 5.91 Å². The first kappa shape index (κ1) is 11.6. The number of phenols is 1. The van der Waals surface area contributed by atoms with Gasteiger partial charge in [0.25, 0.3) is 0 Å². The van der Waals surface area contributed by atoms with Crippen molar-refractivity contribution >= 4 is 34.8 Å². The number of nitrogens with one attached hydrogen (secondary N) is 1. The van der Waals surface area contributed by atoms with Gasteiger partial charge in [-0.05, 0) is 12.1 Å². The van der Waals surface area contributed by atoms with Gasteiger partial charge in [-0.1, -0.05) is 23.2 Å². The molecule has 0 fully saturated rings. The Balaban J connectivity index is 2.95. The predicted octanol–water partition coefficient (Wildman–Crippen LogP) is 2.55. The highest BCUT2D eigenvalue weighted by Gasteiger charge is 2.10. The van der Waals surface area contributed by atoms with Gasteiger partial charge in [-0.15, -0.1) is 0 Å². The number of rotatable bonds is 2. The van der Waals surface area contributed by atoms with Gasteiger partial charge in [0.05, 0.1) is 16.8 Å². The molecule has 0 aliphatic rings. The Hall–Kier alpha value is -1.44. The van der Waals surface area contributed by atoms with Gasteiger partial charge in [0.1, 0.15) is 6.42 Å². The summed E-state index contributed by atoms with van der Waals surface area (Å²) in [6, 6.07) is 4.37. The van der Waals surface area contributed by atoms with Crippen LogP contribution in [0, 0.1) is 11.3 Å². The third-order valence-electron chi connectivity index (χ3n) is 1.54. The fourth-order valence-corrected chi connectivity index (χ4v) is 1.42. The number of amides is 1. The molecule has 0 radical (unpaired) electrons. The highest BCUT2D eigenvalue weighted by atomic mass is 35.5. The van der Waals surface area contributed by atoms with Crippen molar-refractivity contribution in [3.63, 3.8) is 0 Å². The molecule has 1 aromatic carbocycles. The molecule has 0 heterocycles. The minimum Gasteiger partial charge on any atom is -0.504 e. The summed E-state index contributed by atoms with van der Waals surface area (Å²) in [7, 11) is 0. The molecule has 6 heteroatoms. The fourth-order valence-electron chi connectivity index (χ4n) is 0.927. The lowest BCUT2D eigenvalue weighted by atomic mass is 10.3. The number of carbonyl (C=O) groups excluding carboxylic acids is 1. The van der Waals surface area contributed by atoms with E-state index in [1.165, 1.54) is 12.1 Å². The molecule has 0 saturated heterocycles. The molecule has 0 saturated carbocycles. The number of anilines is 1. The summed E-state index contributed by atoms with van der Waals surface area (Å²) in [6.45, 7) is 0. The molecule has 2 N–H and O–H groups in total. The van der Waals surface area contributed by atoms with Crippen LogP contribution >= 0.6 is 23.2 Å². The van der Waals surface area contributed by atoms with E-state index in [0.717, 1.165) is 0 Å². The van der Waals surface area contributed by atoms with Crippen molar-refractivity contribution in [2.24, 2.45) is 0 Å². The monoisotopic (exact) mass is 244 g/mol. The summed E-state index contributed by atoms with van der Waals surface area (Å²) in [5.41, 5.74) is 0.0905. The molecule has 78 valence electrons. The average molecular weight is 245 g/mol. The van der Waals surface area contributed by atoms with Crippen molar-refractivity contribution in [3.05, 3.63) is 22.2 Å². The second-order valence-corrected chi connectivity index (χ2v) is 3.51. The van der Waals surface area contributed by atoms with Crippen LogP contribution in [0.3, 0.4) is 0 Å². The van der Waals surface area contributed by atoms with Crippen LogP contribution in [0.2, 0.25) is 10.0 Å². The third kappa shape index (κ3) is 3.01. The lowest BCUT2D eigenvalue weighted by Gasteiger charge is -2.07. The molecule has 0 atom stereocenters. The molecule has 0 unspecified atom stereocenters. The van der Waals surface area contributed by atoms with Crippen molar-refractivity contribution in [1.29, 1.82) is 5.26 Å². The second-order valence-electron chi connectivity index (χ2n) is 2.67. The van der Waals surface area contributed by atoms with Crippen molar-refractivity contribution < 1.29 is 9.90 Å². The minimum absolute atomic E-state index is 0.0368. The number of nitrogens with zero attached hydrogens (tertiary/aromatic N) is 1. The number of carbonyl (C=O) groups is 1. The van der Waals surface area contributed by atoms with E-state index >= 15 is 0 Å².